The third kappa shape index (κ3) is 21.6. The molecule has 0 spiro atoms. The number of carbonyl (C=O) groups excluding carboxylic acids is 2. The fourth-order valence-corrected chi connectivity index (χ4v) is 10.6. The fourth-order valence-electron chi connectivity index (χ4n) is 10.1. The number of ether oxygens (including phenoxy) is 2. The van der Waals surface area contributed by atoms with Crippen molar-refractivity contribution in [2.45, 2.75) is 56.8 Å². The Hall–Kier alpha value is -7.17. The van der Waals surface area contributed by atoms with E-state index >= 15 is 0 Å². The zero-order valence-corrected chi connectivity index (χ0v) is 51.5. The van der Waals surface area contributed by atoms with Crippen molar-refractivity contribution in [1.29, 1.82) is 0 Å². The summed E-state index contributed by atoms with van der Waals surface area (Å²) in [6.07, 6.45) is -10.2. The summed E-state index contributed by atoms with van der Waals surface area (Å²) in [5, 5.41) is 11.8. The summed E-state index contributed by atoms with van der Waals surface area (Å²) >= 11 is 24.4. The molecular formula is C70H66Cl4F6N2O6. The van der Waals surface area contributed by atoms with Gasteiger partial charge in [-0.15, -0.1) is 0 Å². The van der Waals surface area contributed by atoms with Crippen molar-refractivity contribution in [1.82, 2.24) is 9.80 Å². The number of carboxylic acid groups (broad SMARTS) is 1. The number of carboxylic acids is 1. The van der Waals surface area contributed by atoms with Crippen molar-refractivity contribution in [3.05, 3.63) is 270 Å². The zero-order chi connectivity index (χ0) is 63.5. The highest BCUT2D eigenvalue weighted by Crippen LogP contribution is 2.32. The van der Waals surface area contributed by atoms with Crippen LogP contribution in [0, 0.1) is 18.8 Å². The predicted octanol–water partition coefficient (Wildman–Crippen LogP) is 17.3. The van der Waals surface area contributed by atoms with Crippen LogP contribution in [0.25, 0.3) is 0 Å². The lowest BCUT2D eigenvalue weighted by Gasteiger charge is -2.25. The molecule has 0 aliphatic carbocycles. The molecule has 8 rings (SSSR count). The van der Waals surface area contributed by atoms with E-state index in [4.69, 9.17) is 61.0 Å². The fraction of sp³-hybridized carbons (Fsp3) is 0.271. The number of aromatic carboxylic acids is 1. The number of likely N-dealkylation sites (N-methyl/N-ethyl adjacent to an activating group) is 2. The first-order valence-electron chi connectivity index (χ1n) is 28.3. The van der Waals surface area contributed by atoms with Gasteiger partial charge in [0.1, 0.15) is 24.7 Å². The Balaban J connectivity index is 0.000000251. The second kappa shape index (κ2) is 32.4. The van der Waals surface area contributed by atoms with Gasteiger partial charge in [-0.1, -0.05) is 161 Å². The highest BCUT2D eigenvalue weighted by molar-refractivity contribution is 6.31. The van der Waals surface area contributed by atoms with E-state index in [1.165, 1.54) is 24.3 Å². The number of alkyl halides is 6. The normalized spacial score (nSPS) is 12.4. The number of nitrogens with zero attached hydrogens (tertiary/aromatic N) is 2. The SMILES string of the molecule is CN(CCOc1ccc(CC(Cc2ccc(C(=O)O)cc2)C(=O)C(F)(F)F)cc1)CC(c1ccc(Cl)cc1)c1ccc(Cl)cc1.Cc1ccc(CC(Cc2ccc(OCCN(C)CC(c3ccc(Cl)cc3)c3ccc(Cl)cc3)cc2)C(=O)C(F)(F)F)cc1. The molecule has 2 unspecified atom stereocenters. The summed E-state index contributed by atoms with van der Waals surface area (Å²) in [6, 6.07) is 57.4. The first kappa shape index (κ1) is 68.3. The highest BCUT2D eigenvalue weighted by atomic mass is 35.5. The van der Waals surface area contributed by atoms with Gasteiger partial charge in [-0.2, -0.15) is 26.3 Å². The molecule has 2 atom stereocenters. The van der Waals surface area contributed by atoms with Gasteiger partial charge in [-0.05, 0) is 176 Å². The van der Waals surface area contributed by atoms with Gasteiger partial charge in [0, 0.05) is 69.9 Å². The maximum atomic E-state index is 13.4. The molecule has 0 saturated carbocycles. The lowest BCUT2D eigenvalue weighted by Crippen LogP contribution is -2.33. The second-order valence-corrected chi connectivity index (χ2v) is 23.5. The molecule has 0 heterocycles. The van der Waals surface area contributed by atoms with Crippen LogP contribution < -0.4 is 9.47 Å². The Morgan fingerprint density at radius 2 is 0.682 bits per heavy atom. The van der Waals surface area contributed by atoms with Crippen molar-refractivity contribution >= 4 is 63.9 Å². The van der Waals surface area contributed by atoms with Gasteiger partial charge >= 0.3 is 18.3 Å². The number of hydrogen-bond acceptors (Lipinski definition) is 7. The van der Waals surface area contributed by atoms with Gasteiger partial charge < -0.3 is 24.4 Å². The average Bonchev–Trinajstić information content (AvgIpc) is 3.41. The van der Waals surface area contributed by atoms with Gasteiger partial charge in [0.2, 0.25) is 11.6 Å². The molecule has 88 heavy (non-hydrogen) atoms. The molecule has 0 aliphatic heterocycles. The third-order valence-corrected chi connectivity index (χ3v) is 16.0. The molecule has 462 valence electrons. The van der Waals surface area contributed by atoms with E-state index in [1.54, 1.807) is 60.7 Å². The molecule has 0 saturated heterocycles. The number of benzene rings is 8. The van der Waals surface area contributed by atoms with Gasteiger partial charge in [-0.25, -0.2) is 4.79 Å². The van der Waals surface area contributed by atoms with E-state index in [2.05, 4.69) is 9.80 Å². The molecule has 0 fully saturated rings. The van der Waals surface area contributed by atoms with Crippen LogP contribution in [-0.2, 0) is 35.3 Å². The molecule has 8 aromatic carbocycles. The van der Waals surface area contributed by atoms with Gasteiger partial charge in [0.05, 0.1) is 5.56 Å². The quantitative estimate of drug-likeness (QED) is 0.0509. The van der Waals surface area contributed by atoms with E-state index in [1.807, 2.05) is 130 Å². The molecule has 0 bridgehead atoms. The number of rotatable bonds is 27. The minimum atomic E-state index is -4.99. The van der Waals surface area contributed by atoms with E-state index in [-0.39, 0.29) is 43.1 Å². The summed E-state index contributed by atoms with van der Waals surface area (Å²) in [5.74, 6) is -5.86. The average molecular weight is 1290 g/mol. The summed E-state index contributed by atoms with van der Waals surface area (Å²) in [7, 11) is 4.02. The largest absolute Gasteiger partial charge is 0.492 e. The van der Waals surface area contributed by atoms with Crippen molar-refractivity contribution in [3.63, 3.8) is 0 Å². The predicted molar refractivity (Wildman–Crippen MR) is 337 cm³/mol. The number of hydrogen-bond donors (Lipinski definition) is 1. The van der Waals surface area contributed by atoms with Crippen molar-refractivity contribution < 1.29 is 55.3 Å². The third-order valence-electron chi connectivity index (χ3n) is 15.0. The van der Waals surface area contributed by atoms with E-state index in [0.29, 0.717) is 86.7 Å². The zero-order valence-electron chi connectivity index (χ0n) is 48.5. The van der Waals surface area contributed by atoms with Crippen LogP contribution in [0.3, 0.4) is 0 Å². The van der Waals surface area contributed by atoms with Crippen LogP contribution >= 0.6 is 46.4 Å². The van der Waals surface area contributed by atoms with Crippen LogP contribution in [0.1, 0.15) is 72.3 Å². The second-order valence-electron chi connectivity index (χ2n) is 21.7. The number of carbonyl (C=O) groups is 3. The molecule has 1 N–H and O–H groups in total. The van der Waals surface area contributed by atoms with E-state index < -0.39 is 41.7 Å². The lowest BCUT2D eigenvalue weighted by molar-refractivity contribution is -0.175. The van der Waals surface area contributed by atoms with Crippen LogP contribution in [0.15, 0.2) is 194 Å². The van der Waals surface area contributed by atoms with Crippen molar-refractivity contribution in [2.24, 2.45) is 11.8 Å². The molecule has 0 aromatic heterocycles. The minimum absolute atomic E-state index is 0.00791. The molecule has 0 aliphatic rings. The Morgan fingerprint density at radius 3 is 0.943 bits per heavy atom. The number of ketones is 2. The molecule has 0 amide bonds. The van der Waals surface area contributed by atoms with Crippen LogP contribution in [-0.4, -0.2) is 98.3 Å². The molecular weight excluding hydrogens is 1220 g/mol. The number of Topliss-reactive ketones (excluding diaryl/α,β-unsaturated/α-hetero) is 2. The van der Waals surface area contributed by atoms with Gasteiger partial charge in [0.25, 0.3) is 0 Å². The van der Waals surface area contributed by atoms with Crippen LogP contribution in [0.4, 0.5) is 26.3 Å². The van der Waals surface area contributed by atoms with Crippen molar-refractivity contribution in [3.8, 4) is 11.5 Å². The van der Waals surface area contributed by atoms with Gasteiger partial charge in [-0.3, -0.25) is 9.59 Å². The van der Waals surface area contributed by atoms with Gasteiger partial charge in [0.15, 0.2) is 0 Å². The lowest BCUT2D eigenvalue weighted by atomic mass is 9.88. The first-order valence-corrected chi connectivity index (χ1v) is 29.8. The first-order chi connectivity index (χ1) is 41.9. The smallest absolute Gasteiger partial charge is 0.450 e. The monoisotopic (exact) mass is 1280 g/mol. The topological polar surface area (TPSA) is 96.4 Å². The number of halogens is 10. The summed E-state index contributed by atoms with van der Waals surface area (Å²) in [4.78, 5) is 39.9. The summed E-state index contributed by atoms with van der Waals surface area (Å²) < 4.78 is 92.1. The molecule has 8 nitrogen and oxygen atoms in total. The van der Waals surface area contributed by atoms with Crippen LogP contribution in [0.2, 0.25) is 20.1 Å². The highest BCUT2D eigenvalue weighted by Gasteiger charge is 2.44. The molecule has 8 aromatic rings. The minimum Gasteiger partial charge on any atom is -0.492 e. The standard InChI is InChI=1S/C35H32Cl2F3NO4.C35H34Cl2F3NO2/c1-41(22-32(25-8-12-29(36)13-9-25)26-10-14-30(37)15-11-26)18-19-45-31-16-4-24(5-17-31)21-28(33(42)35(38,39)40)20-23-2-6-27(7-3-23)34(43)44;1-24-3-5-25(6-4-24)21-29(34(42)35(38,39)40)22-26-7-17-32(18-8-26)43-20-19-41(2)23-33(27-9-13-30(36)14-10-27)28-11-15-31(37)16-12-28/h2-17,28,32H,18-22H2,1H3,(H,43,44);3-18,29,33H,19-23H2,1-2H3. The maximum Gasteiger partial charge on any atom is 0.450 e. The number of aryl methyl sites for hydroxylation is 1. The molecule has 18 heteroatoms. The Labute approximate surface area is 529 Å². The van der Waals surface area contributed by atoms with Crippen molar-refractivity contribution in [2.75, 3.05) is 53.5 Å². The Morgan fingerprint density at radius 1 is 0.420 bits per heavy atom. The maximum absolute atomic E-state index is 13.4. The summed E-state index contributed by atoms with van der Waals surface area (Å²) in [6.45, 7) is 5.42. The van der Waals surface area contributed by atoms with Crippen LogP contribution in [0.5, 0.6) is 11.5 Å². The summed E-state index contributed by atoms with van der Waals surface area (Å²) in [5.41, 5.74) is 7.88. The molecule has 0 radical (unpaired) electrons. The Kier molecular flexibility index (Phi) is 25.1. The van der Waals surface area contributed by atoms with E-state index in [0.717, 1.165) is 34.4 Å². The Bertz CT molecular complexity index is 3390. The van der Waals surface area contributed by atoms with E-state index in [9.17, 15) is 40.7 Å².